The molecule has 6 nitrogen and oxygen atoms in total. The quantitative estimate of drug-likeness (QED) is 0.860. The van der Waals surface area contributed by atoms with Gasteiger partial charge in [0.25, 0.3) is 0 Å². The molecule has 0 radical (unpaired) electrons. The van der Waals surface area contributed by atoms with E-state index in [-0.39, 0.29) is 18.2 Å². The Kier molecular flexibility index (Phi) is 3.16. The first kappa shape index (κ1) is 13.6. The first-order valence-electron chi connectivity index (χ1n) is 6.86. The summed E-state index contributed by atoms with van der Waals surface area (Å²) in [4.78, 5) is 38.6. The van der Waals surface area contributed by atoms with E-state index >= 15 is 0 Å². The van der Waals surface area contributed by atoms with Crippen LogP contribution in [-0.4, -0.2) is 47.4 Å². The van der Waals surface area contributed by atoms with Gasteiger partial charge in [-0.05, 0) is 11.6 Å². The largest absolute Gasteiger partial charge is 0.480 e. The number of carbonyl (C=O) groups is 3. The predicted molar refractivity (Wildman–Crippen MR) is 74.8 cm³/mol. The topological polar surface area (TPSA) is 77.9 Å². The second kappa shape index (κ2) is 4.87. The lowest BCUT2D eigenvalue weighted by Gasteiger charge is -2.25. The van der Waals surface area contributed by atoms with Gasteiger partial charge in [-0.25, -0.2) is 4.79 Å². The number of likely N-dealkylation sites (tertiary alicyclic amines) is 1. The lowest BCUT2D eigenvalue weighted by molar-refractivity contribution is -0.140. The van der Waals surface area contributed by atoms with E-state index in [2.05, 4.69) is 0 Å². The molecule has 0 spiro atoms. The molecule has 6 heteroatoms. The van der Waals surface area contributed by atoms with Gasteiger partial charge in [0.05, 0.1) is 5.92 Å². The van der Waals surface area contributed by atoms with Crippen molar-refractivity contribution in [3.8, 4) is 0 Å². The first-order chi connectivity index (χ1) is 9.99. The van der Waals surface area contributed by atoms with E-state index in [0.29, 0.717) is 18.7 Å². The van der Waals surface area contributed by atoms with Crippen molar-refractivity contribution in [1.82, 2.24) is 4.90 Å². The Morgan fingerprint density at radius 2 is 1.95 bits per heavy atom. The molecule has 2 atom stereocenters. The molecule has 0 saturated carbocycles. The molecule has 1 aromatic carbocycles. The molecule has 21 heavy (non-hydrogen) atoms. The highest BCUT2D eigenvalue weighted by molar-refractivity contribution is 6.05. The molecule has 3 rings (SSSR count). The molecule has 1 fully saturated rings. The van der Waals surface area contributed by atoms with E-state index in [9.17, 15) is 19.5 Å². The van der Waals surface area contributed by atoms with Gasteiger partial charge in [0.15, 0.2) is 0 Å². The maximum absolute atomic E-state index is 12.7. The van der Waals surface area contributed by atoms with Crippen LogP contribution in [0.2, 0.25) is 0 Å². The molecular formula is C15H16N2O4. The standard InChI is InChI=1S/C15H16N2O4/c1-16-8-10(7-13(16)18)14(19)17-11-5-3-2-4-9(11)6-12(17)15(20)21/h2-5,10,12H,6-8H2,1H3,(H,20,21). The summed E-state index contributed by atoms with van der Waals surface area (Å²) in [7, 11) is 1.65. The highest BCUT2D eigenvalue weighted by atomic mass is 16.4. The van der Waals surface area contributed by atoms with Crippen molar-refractivity contribution in [1.29, 1.82) is 0 Å². The van der Waals surface area contributed by atoms with E-state index in [1.165, 1.54) is 9.80 Å². The monoisotopic (exact) mass is 288 g/mol. The number of carbonyl (C=O) groups excluding carboxylic acids is 2. The molecule has 1 saturated heterocycles. The first-order valence-corrected chi connectivity index (χ1v) is 6.86. The summed E-state index contributed by atoms with van der Waals surface area (Å²) in [5.41, 5.74) is 1.51. The van der Waals surface area contributed by atoms with Crippen LogP contribution in [0.4, 0.5) is 5.69 Å². The van der Waals surface area contributed by atoms with Gasteiger partial charge < -0.3 is 10.0 Å². The number of hydrogen-bond acceptors (Lipinski definition) is 3. The number of amides is 2. The Morgan fingerprint density at radius 1 is 1.24 bits per heavy atom. The summed E-state index contributed by atoms with van der Waals surface area (Å²) in [5.74, 6) is -1.83. The SMILES string of the molecule is CN1CC(C(=O)N2c3ccccc3CC2C(=O)O)CC1=O. The molecule has 1 aromatic rings. The van der Waals surface area contributed by atoms with Crippen molar-refractivity contribution < 1.29 is 19.5 Å². The van der Waals surface area contributed by atoms with Gasteiger partial charge in [-0.1, -0.05) is 18.2 Å². The molecule has 0 bridgehead atoms. The van der Waals surface area contributed by atoms with Crippen LogP contribution < -0.4 is 4.90 Å². The van der Waals surface area contributed by atoms with Crippen LogP contribution in [0.15, 0.2) is 24.3 Å². The van der Waals surface area contributed by atoms with Crippen molar-refractivity contribution >= 4 is 23.5 Å². The van der Waals surface area contributed by atoms with Gasteiger partial charge in [-0.2, -0.15) is 0 Å². The molecule has 0 aliphatic carbocycles. The highest BCUT2D eigenvalue weighted by Crippen LogP contribution is 2.34. The maximum Gasteiger partial charge on any atom is 0.327 e. The Morgan fingerprint density at radius 3 is 2.57 bits per heavy atom. The summed E-state index contributed by atoms with van der Waals surface area (Å²) < 4.78 is 0. The molecule has 2 unspecified atom stereocenters. The van der Waals surface area contributed by atoms with Crippen molar-refractivity contribution in [3.63, 3.8) is 0 Å². The van der Waals surface area contributed by atoms with Crippen LogP contribution in [0.1, 0.15) is 12.0 Å². The summed E-state index contributed by atoms with van der Waals surface area (Å²) in [6.07, 6.45) is 0.466. The van der Waals surface area contributed by atoms with Crippen LogP contribution in [-0.2, 0) is 20.8 Å². The normalized spacial score (nSPS) is 24.3. The molecule has 2 aliphatic rings. The van der Waals surface area contributed by atoms with Gasteiger partial charge in [-0.3, -0.25) is 14.5 Å². The van der Waals surface area contributed by atoms with E-state index in [4.69, 9.17) is 0 Å². The second-order valence-corrected chi connectivity index (χ2v) is 5.57. The minimum absolute atomic E-state index is 0.0762. The molecule has 2 aliphatic heterocycles. The van der Waals surface area contributed by atoms with E-state index < -0.39 is 17.9 Å². The number of carboxylic acids is 1. The third-order valence-electron chi connectivity index (χ3n) is 4.19. The summed E-state index contributed by atoms with van der Waals surface area (Å²) in [6, 6.07) is 6.34. The molecule has 2 amide bonds. The Hall–Kier alpha value is -2.37. The second-order valence-electron chi connectivity index (χ2n) is 5.57. The van der Waals surface area contributed by atoms with Crippen LogP contribution in [0.5, 0.6) is 0 Å². The van der Waals surface area contributed by atoms with Crippen LogP contribution in [0, 0.1) is 5.92 Å². The number of anilines is 1. The fourth-order valence-electron chi connectivity index (χ4n) is 3.08. The molecule has 110 valence electrons. The Labute approximate surface area is 122 Å². The predicted octanol–water partition coefficient (Wildman–Crippen LogP) is 0.507. The lowest BCUT2D eigenvalue weighted by atomic mass is 10.1. The maximum atomic E-state index is 12.7. The summed E-state index contributed by atoms with van der Waals surface area (Å²) in [5, 5.41) is 9.38. The van der Waals surface area contributed by atoms with Gasteiger partial charge in [0, 0.05) is 32.1 Å². The van der Waals surface area contributed by atoms with E-state index in [1.54, 1.807) is 19.2 Å². The zero-order valence-corrected chi connectivity index (χ0v) is 11.7. The molecular weight excluding hydrogens is 272 g/mol. The number of hydrogen-bond donors (Lipinski definition) is 1. The fourth-order valence-corrected chi connectivity index (χ4v) is 3.08. The Balaban J connectivity index is 1.93. The lowest BCUT2D eigenvalue weighted by Crippen LogP contribution is -2.46. The fraction of sp³-hybridized carbons (Fsp3) is 0.400. The van der Waals surface area contributed by atoms with Gasteiger partial charge in [0.1, 0.15) is 6.04 Å². The van der Waals surface area contributed by atoms with Crippen LogP contribution in [0.3, 0.4) is 0 Å². The number of para-hydroxylation sites is 1. The third kappa shape index (κ3) is 2.16. The van der Waals surface area contributed by atoms with Crippen molar-refractivity contribution in [2.45, 2.75) is 18.9 Å². The number of nitrogens with zero attached hydrogens (tertiary/aromatic N) is 2. The van der Waals surface area contributed by atoms with E-state index in [0.717, 1.165) is 5.56 Å². The molecule has 0 aromatic heterocycles. The number of aliphatic carboxylic acids is 1. The van der Waals surface area contributed by atoms with Gasteiger partial charge >= 0.3 is 5.97 Å². The van der Waals surface area contributed by atoms with Crippen molar-refractivity contribution in [3.05, 3.63) is 29.8 Å². The number of fused-ring (bicyclic) bond motifs is 1. The average molecular weight is 288 g/mol. The summed E-state index contributed by atoms with van der Waals surface area (Å²) in [6.45, 7) is 0.350. The number of rotatable bonds is 2. The molecule has 1 N–H and O–H groups in total. The molecule has 2 heterocycles. The number of benzene rings is 1. The van der Waals surface area contributed by atoms with Gasteiger partial charge in [-0.15, -0.1) is 0 Å². The Bertz CT molecular complexity index is 628. The van der Waals surface area contributed by atoms with E-state index in [1.807, 2.05) is 12.1 Å². The minimum atomic E-state index is -1.02. The highest BCUT2D eigenvalue weighted by Gasteiger charge is 2.43. The number of carboxylic acid groups (broad SMARTS) is 1. The summed E-state index contributed by atoms with van der Waals surface area (Å²) >= 11 is 0. The van der Waals surface area contributed by atoms with Crippen molar-refractivity contribution in [2.75, 3.05) is 18.5 Å². The zero-order valence-electron chi connectivity index (χ0n) is 11.7. The van der Waals surface area contributed by atoms with Crippen LogP contribution in [0.25, 0.3) is 0 Å². The van der Waals surface area contributed by atoms with Crippen molar-refractivity contribution in [2.24, 2.45) is 5.92 Å². The van der Waals surface area contributed by atoms with Gasteiger partial charge in [0.2, 0.25) is 11.8 Å². The third-order valence-corrected chi connectivity index (χ3v) is 4.19. The average Bonchev–Trinajstić information content (AvgIpc) is 2.99. The van der Waals surface area contributed by atoms with Crippen LogP contribution >= 0.6 is 0 Å². The minimum Gasteiger partial charge on any atom is -0.480 e. The smallest absolute Gasteiger partial charge is 0.327 e. The zero-order chi connectivity index (χ0) is 15.1.